The summed E-state index contributed by atoms with van der Waals surface area (Å²) in [5.41, 5.74) is 0.909. The summed E-state index contributed by atoms with van der Waals surface area (Å²) in [5.74, 6) is 0. The van der Waals surface area contributed by atoms with Gasteiger partial charge in [-0.15, -0.1) is 0 Å². The minimum Gasteiger partial charge on any atom is -0.276 e. The van der Waals surface area contributed by atoms with Gasteiger partial charge in [-0.2, -0.15) is 5.10 Å². The van der Waals surface area contributed by atoms with Gasteiger partial charge >= 0.3 is 0 Å². The van der Waals surface area contributed by atoms with E-state index in [1.54, 1.807) is 18.2 Å². The van der Waals surface area contributed by atoms with Gasteiger partial charge in [-0.25, -0.2) is 8.42 Å². The molecule has 5 nitrogen and oxygen atoms in total. The molecule has 0 aliphatic heterocycles. The second-order valence-corrected chi connectivity index (χ2v) is 9.12. The van der Waals surface area contributed by atoms with Crippen LogP contribution in [0.4, 0.5) is 5.69 Å². The lowest BCUT2D eigenvalue weighted by atomic mass is 10.2. The predicted molar refractivity (Wildman–Crippen MR) is 110 cm³/mol. The maximum atomic E-state index is 12.6. The Labute approximate surface area is 180 Å². The van der Waals surface area contributed by atoms with Gasteiger partial charge in [0.15, 0.2) is 0 Å². The molecule has 0 saturated heterocycles. The highest BCUT2D eigenvalue weighted by Crippen LogP contribution is 2.32. The highest BCUT2D eigenvalue weighted by atomic mass is 35.5. The van der Waals surface area contributed by atoms with Crippen LogP contribution in [0.15, 0.2) is 47.6 Å². The normalized spacial score (nSPS) is 11.6. The van der Waals surface area contributed by atoms with E-state index in [0.717, 1.165) is 0 Å². The molecule has 0 spiro atoms. The molecule has 27 heavy (non-hydrogen) atoms. The van der Waals surface area contributed by atoms with Gasteiger partial charge in [-0.1, -0.05) is 64.1 Å². The highest BCUT2D eigenvalue weighted by molar-refractivity contribution is 7.92. The SMILES string of the molecule is O=S(=O)(Nc1cnn(Cc2c(Cl)cccc2Cl)c1)c1cc(Cl)c(Cl)cc1Cl. The number of halogens is 5. The number of anilines is 1. The Balaban J connectivity index is 1.84. The molecule has 1 aromatic heterocycles. The second-order valence-electron chi connectivity index (χ2n) is 5.43. The number of sulfonamides is 1. The van der Waals surface area contributed by atoms with Crippen LogP contribution in [-0.4, -0.2) is 18.2 Å². The zero-order chi connectivity index (χ0) is 19.8. The largest absolute Gasteiger partial charge is 0.276 e. The molecular formula is C16H10Cl5N3O2S. The van der Waals surface area contributed by atoms with E-state index in [2.05, 4.69) is 9.82 Å². The van der Waals surface area contributed by atoms with Crippen molar-refractivity contribution in [2.24, 2.45) is 0 Å². The van der Waals surface area contributed by atoms with E-state index in [0.29, 0.717) is 15.6 Å². The topological polar surface area (TPSA) is 64.0 Å². The van der Waals surface area contributed by atoms with Gasteiger partial charge < -0.3 is 0 Å². The van der Waals surface area contributed by atoms with Crippen LogP contribution >= 0.6 is 58.0 Å². The summed E-state index contributed by atoms with van der Waals surface area (Å²) in [7, 11) is -3.99. The molecule has 0 amide bonds. The van der Waals surface area contributed by atoms with Gasteiger partial charge in [-0.3, -0.25) is 9.40 Å². The highest BCUT2D eigenvalue weighted by Gasteiger charge is 2.21. The average Bonchev–Trinajstić information content (AvgIpc) is 3.00. The van der Waals surface area contributed by atoms with Crippen molar-refractivity contribution in [1.82, 2.24) is 9.78 Å². The molecule has 0 aliphatic rings. The molecule has 2 aromatic carbocycles. The van der Waals surface area contributed by atoms with E-state index >= 15 is 0 Å². The summed E-state index contributed by atoms with van der Waals surface area (Å²) in [4.78, 5) is -0.194. The van der Waals surface area contributed by atoms with Crippen LogP contribution in [0, 0.1) is 0 Å². The Morgan fingerprint density at radius 2 is 1.56 bits per heavy atom. The smallest absolute Gasteiger partial charge is 0.263 e. The predicted octanol–water partition coefficient (Wildman–Crippen LogP) is 6.00. The molecule has 0 bridgehead atoms. The quantitative estimate of drug-likeness (QED) is 0.451. The Morgan fingerprint density at radius 3 is 2.22 bits per heavy atom. The van der Waals surface area contributed by atoms with Crippen LogP contribution in [-0.2, 0) is 16.6 Å². The zero-order valence-corrected chi connectivity index (χ0v) is 17.9. The molecule has 3 aromatic rings. The maximum absolute atomic E-state index is 12.6. The number of nitrogens with one attached hydrogen (secondary N) is 1. The summed E-state index contributed by atoms with van der Waals surface area (Å²) >= 11 is 30.0. The molecule has 142 valence electrons. The first kappa shape index (κ1) is 20.6. The second kappa shape index (κ2) is 8.07. The van der Waals surface area contributed by atoms with E-state index in [1.807, 2.05) is 0 Å². The fraction of sp³-hybridized carbons (Fsp3) is 0.0625. The minimum atomic E-state index is -3.99. The van der Waals surface area contributed by atoms with Crippen molar-refractivity contribution in [3.63, 3.8) is 0 Å². The Morgan fingerprint density at radius 1 is 0.926 bits per heavy atom. The first-order valence-corrected chi connectivity index (χ1v) is 10.7. The van der Waals surface area contributed by atoms with E-state index in [9.17, 15) is 8.42 Å². The third kappa shape index (κ3) is 4.65. The van der Waals surface area contributed by atoms with Crippen molar-refractivity contribution in [3.05, 3.63) is 73.4 Å². The average molecular weight is 486 g/mol. The van der Waals surface area contributed by atoms with Crippen LogP contribution in [0.3, 0.4) is 0 Å². The Bertz CT molecular complexity index is 1090. The van der Waals surface area contributed by atoms with Crippen LogP contribution < -0.4 is 4.72 Å². The maximum Gasteiger partial charge on any atom is 0.263 e. The molecule has 0 atom stereocenters. The zero-order valence-electron chi connectivity index (χ0n) is 13.3. The number of hydrogen-bond donors (Lipinski definition) is 1. The summed E-state index contributed by atoms with van der Waals surface area (Å²) in [6, 6.07) is 7.60. The van der Waals surface area contributed by atoms with Crippen molar-refractivity contribution >= 4 is 73.7 Å². The number of hydrogen-bond acceptors (Lipinski definition) is 3. The number of aromatic nitrogens is 2. The molecule has 11 heteroatoms. The van der Waals surface area contributed by atoms with Crippen molar-refractivity contribution in [3.8, 4) is 0 Å². The monoisotopic (exact) mass is 483 g/mol. The lowest BCUT2D eigenvalue weighted by molar-refractivity contribution is 0.601. The minimum absolute atomic E-state index is 0.0489. The van der Waals surface area contributed by atoms with Gasteiger partial charge in [0, 0.05) is 21.8 Å². The standard InChI is InChI=1S/C16H10Cl5N3O2S/c17-11-2-1-3-12(18)10(11)8-24-7-9(6-22-24)23-27(25,26)16-5-14(20)13(19)4-15(16)21/h1-7,23H,8H2. The van der Waals surface area contributed by atoms with Crippen molar-refractivity contribution in [2.75, 3.05) is 4.72 Å². The number of nitrogens with zero attached hydrogens (tertiary/aromatic N) is 2. The Kier molecular flexibility index (Phi) is 6.15. The molecular weight excluding hydrogens is 476 g/mol. The molecule has 0 fully saturated rings. The molecule has 0 aliphatic carbocycles. The van der Waals surface area contributed by atoms with E-state index in [4.69, 9.17) is 58.0 Å². The van der Waals surface area contributed by atoms with Gasteiger partial charge in [0.25, 0.3) is 10.0 Å². The molecule has 0 saturated carbocycles. The third-order valence-electron chi connectivity index (χ3n) is 3.53. The lowest BCUT2D eigenvalue weighted by Gasteiger charge is -2.09. The molecule has 0 radical (unpaired) electrons. The van der Waals surface area contributed by atoms with E-state index in [-0.39, 0.29) is 32.2 Å². The summed E-state index contributed by atoms with van der Waals surface area (Å²) in [5, 5.41) is 5.28. The lowest BCUT2D eigenvalue weighted by Crippen LogP contribution is -2.13. The number of benzene rings is 2. The van der Waals surface area contributed by atoms with Crippen LogP contribution in [0.2, 0.25) is 25.1 Å². The summed E-state index contributed by atoms with van der Waals surface area (Å²) < 4.78 is 29.1. The van der Waals surface area contributed by atoms with E-state index < -0.39 is 10.0 Å². The van der Waals surface area contributed by atoms with Gasteiger partial charge in [-0.05, 0) is 24.3 Å². The van der Waals surface area contributed by atoms with Crippen LogP contribution in [0.1, 0.15) is 5.56 Å². The first-order chi connectivity index (χ1) is 12.7. The fourth-order valence-corrected chi connectivity index (χ4v) is 4.82. The van der Waals surface area contributed by atoms with E-state index in [1.165, 1.54) is 29.2 Å². The van der Waals surface area contributed by atoms with Crippen molar-refractivity contribution < 1.29 is 8.42 Å². The van der Waals surface area contributed by atoms with Crippen molar-refractivity contribution in [2.45, 2.75) is 11.4 Å². The molecule has 1 heterocycles. The fourth-order valence-electron chi connectivity index (χ4n) is 2.27. The summed E-state index contributed by atoms with van der Waals surface area (Å²) in [6.07, 6.45) is 2.86. The number of rotatable bonds is 5. The van der Waals surface area contributed by atoms with Crippen LogP contribution in [0.5, 0.6) is 0 Å². The molecule has 0 unspecified atom stereocenters. The Hall–Kier alpha value is -1.15. The van der Waals surface area contributed by atoms with Gasteiger partial charge in [0.1, 0.15) is 4.90 Å². The van der Waals surface area contributed by atoms with Crippen molar-refractivity contribution in [1.29, 1.82) is 0 Å². The molecule has 1 N–H and O–H groups in total. The third-order valence-corrected chi connectivity index (χ3v) is 6.81. The summed E-state index contributed by atoms with van der Waals surface area (Å²) in [6.45, 7) is 0.272. The van der Waals surface area contributed by atoms with Gasteiger partial charge in [0.05, 0.1) is 33.5 Å². The van der Waals surface area contributed by atoms with Crippen LogP contribution in [0.25, 0.3) is 0 Å². The molecule has 3 rings (SSSR count). The first-order valence-electron chi connectivity index (χ1n) is 7.30. The van der Waals surface area contributed by atoms with Gasteiger partial charge in [0.2, 0.25) is 0 Å².